The van der Waals surface area contributed by atoms with E-state index in [-0.39, 0.29) is 17.5 Å². The fraction of sp³-hybridized carbons (Fsp3) is 0.200. The van der Waals surface area contributed by atoms with Crippen LogP contribution in [-0.2, 0) is 0 Å². The van der Waals surface area contributed by atoms with Crippen LogP contribution in [0.4, 0.5) is 0 Å². The molecule has 7 heteroatoms. The maximum Gasteiger partial charge on any atom is 0.275 e. The molecular weight excluding hydrogens is 360 g/mol. The van der Waals surface area contributed by atoms with Crippen molar-refractivity contribution in [2.24, 2.45) is 0 Å². The van der Waals surface area contributed by atoms with Gasteiger partial charge in [-0.05, 0) is 31.0 Å². The second-order valence-electron chi connectivity index (χ2n) is 6.62. The summed E-state index contributed by atoms with van der Waals surface area (Å²) in [5.74, 6) is -0.163. The molecule has 27 heavy (non-hydrogen) atoms. The average molecular weight is 376 g/mol. The Morgan fingerprint density at radius 2 is 1.89 bits per heavy atom. The Morgan fingerprint density at radius 1 is 1.11 bits per heavy atom. The van der Waals surface area contributed by atoms with Gasteiger partial charge in [-0.15, -0.1) is 11.3 Å². The molecule has 0 unspecified atom stereocenters. The van der Waals surface area contributed by atoms with Crippen molar-refractivity contribution in [1.82, 2.24) is 20.1 Å². The van der Waals surface area contributed by atoms with E-state index >= 15 is 0 Å². The lowest BCUT2D eigenvalue weighted by Crippen LogP contribution is -2.32. The first-order valence-corrected chi connectivity index (χ1v) is 9.68. The van der Waals surface area contributed by atoms with Crippen LogP contribution in [0.3, 0.4) is 0 Å². The van der Waals surface area contributed by atoms with Crippen LogP contribution in [-0.4, -0.2) is 32.5 Å². The van der Waals surface area contributed by atoms with Gasteiger partial charge in [0.1, 0.15) is 5.01 Å². The van der Waals surface area contributed by atoms with Crippen molar-refractivity contribution in [3.05, 3.63) is 69.6 Å². The Balaban J connectivity index is 1.56. The number of aromatic nitrogens is 3. The molecule has 0 bridgehead atoms. The number of carbonyl (C=O) groups excluding carboxylic acids is 1. The molecule has 1 atom stereocenters. The minimum Gasteiger partial charge on any atom is -0.328 e. The summed E-state index contributed by atoms with van der Waals surface area (Å²) in [5.41, 5.74) is 0.967. The maximum absolute atomic E-state index is 13.3. The van der Waals surface area contributed by atoms with E-state index in [1.54, 1.807) is 29.5 Å². The van der Waals surface area contributed by atoms with Crippen LogP contribution in [0.2, 0.25) is 0 Å². The lowest BCUT2D eigenvalue weighted by Gasteiger charge is -2.23. The van der Waals surface area contributed by atoms with Gasteiger partial charge in [-0.1, -0.05) is 30.3 Å². The number of amides is 1. The highest BCUT2D eigenvalue weighted by Gasteiger charge is 2.34. The van der Waals surface area contributed by atoms with E-state index in [9.17, 15) is 9.59 Å². The summed E-state index contributed by atoms with van der Waals surface area (Å²) in [7, 11) is 0. The van der Waals surface area contributed by atoms with E-state index in [4.69, 9.17) is 4.98 Å². The van der Waals surface area contributed by atoms with Crippen LogP contribution in [0.25, 0.3) is 21.0 Å². The summed E-state index contributed by atoms with van der Waals surface area (Å²) >= 11 is 1.63. The number of fused-ring (bicyclic) bond motifs is 2. The smallest absolute Gasteiger partial charge is 0.275 e. The summed E-state index contributed by atoms with van der Waals surface area (Å²) in [5, 5.41) is 8.55. The summed E-state index contributed by atoms with van der Waals surface area (Å²) in [6.45, 7) is 0.661. The molecule has 0 spiro atoms. The number of nitrogens with zero attached hydrogens (tertiary/aromatic N) is 3. The van der Waals surface area contributed by atoms with Crippen molar-refractivity contribution in [1.29, 1.82) is 0 Å². The first-order chi connectivity index (χ1) is 13.2. The van der Waals surface area contributed by atoms with Crippen LogP contribution >= 0.6 is 11.3 Å². The largest absolute Gasteiger partial charge is 0.328 e. The van der Waals surface area contributed by atoms with E-state index in [1.165, 1.54) is 0 Å². The molecule has 2 aromatic carbocycles. The molecule has 0 aliphatic carbocycles. The van der Waals surface area contributed by atoms with E-state index in [0.717, 1.165) is 28.1 Å². The summed E-state index contributed by atoms with van der Waals surface area (Å²) in [6, 6.07) is 15.0. The second-order valence-corrected chi connectivity index (χ2v) is 7.69. The number of rotatable bonds is 2. The second kappa shape index (κ2) is 6.28. The molecule has 5 rings (SSSR count). The maximum atomic E-state index is 13.3. The van der Waals surface area contributed by atoms with Gasteiger partial charge in [-0.2, -0.15) is 5.10 Å². The molecule has 134 valence electrons. The fourth-order valence-corrected chi connectivity index (χ4v) is 4.83. The number of para-hydroxylation sites is 1. The minimum atomic E-state index is -0.286. The van der Waals surface area contributed by atoms with E-state index in [0.29, 0.717) is 23.0 Å². The molecule has 1 saturated heterocycles. The molecule has 0 saturated carbocycles. The van der Waals surface area contributed by atoms with Crippen molar-refractivity contribution < 1.29 is 4.79 Å². The zero-order chi connectivity index (χ0) is 18.4. The highest BCUT2D eigenvalue weighted by molar-refractivity contribution is 7.18. The monoisotopic (exact) mass is 376 g/mol. The molecule has 2 aromatic heterocycles. The molecule has 3 heterocycles. The number of H-pyrrole nitrogens is 1. The van der Waals surface area contributed by atoms with Gasteiger partial charge in [0, 0.05) is 11.9 Å². The highest BCUT2D eigenvalue weighted by atomic mass is 32.1. The van der Waals surface area contributed by atoms with Gasteiger partial charge in [0.2, 0.25) is 0 Å². The average Bonchev–Trinajstić information content (AvgIpc) is 3.34. The van der Waals surface area contributed by atoms with Gasteiger partial charge in [0.15, 0.2) is 5.69 Å². The number of benzene rings is 2. The molecule has 1 N–H and O–H groups in total. The number of likely N-dealkylation sites (tertiary alicyclic amines) is 1. The standard InChI is InChI=1S/C20H16N4O2S/c25-18-13-7-2-1-6-12(13)17(22-23-18)20(26)24-11-5-9-15(24)19-21-14-8-3-4-10-16(14)27-19/h1-4,6-8,10,15H,5,9,11H2,(H,23,25)/t15-/m0/s1. The van der Waals surface area contributed by atoms with Crippen molar-refractivity contribution in [3.8, 4) is 0 Å². The Bertz CT molecular complexity index is 1200. The predicted molar refractivity (Wildman–Crippen MR) is 105 cm³/mol. The zero-order valence-electron chi connectivity index (χ0n) is 14.4. The van der Waals surface area contributed by atoms with Gasteiger partial charge in [0.05, 0.1) is 21.6 Å². The molecule has 1 aliphatic rings. The fourth-order valence-electron chi connectivity index (χ4n) is 3.71. The SMILES string of the molecule is O=C(c1n[nH]c(=O)c2ccccc12)N1CCC[C@H]1c1nc2ccccc2s1. The summed E-state index contributed by atoms with van der Waals surface area (Å²) in [4.78, 5) is 31.9. The lowest BCUT2D eigenvalue weighted by atomic mass is 10.1. The molecule has 1 aliphatic heterocycles. The predicted octanol–water partition coefficient (Wildman–Crippen LogP) is 3.51. The number of aromatic amines is 1. The van der Waals surface area contributed by atoms with Gasteiger partial charge in [-0.3, -0.25) is 9.59 Å². The normalized spacial score (nSPS) is 17.0. The minimum absolute atomic E-state index is 0.0533. The molecule has 1 fully saturated rings. The third kappa shape index (κ3) is 2.62. The topological polar surface area (TPSA) is 79.0 Å². The van der Waals surface area contributed by atoms with Gasteiger partial charge < -0.3 is 4.90 Å². The number of hydrogen-bond acceptors (Lipinski definition) is 5. The van der Waals surface area contributed by atoms with Crippen molar-refractivity contribution in [2.45, 2.75) is 18.9 Å². The van der Waals surface area contributed by atoms with Crippen molar-refractivity contribution in [2.75, 3.05) is 6.54 Å². The van der Waals surface area contributed by atoms with Crippen LogP contribution in [0.1, 0.15) is 34.4 Å². The van der Waals surface area contributed by atoms with Gasteiger partial charge in [-0.25, -0.2) is 10.1 Å². The van der Waals surface area contributed by atoms with Crippen LogP contribution < -0.4 is 5.56 Å². The quantitative estimate of drug-likeness (QED) is 0.581. The van der Waals surface area contributed by atoms with Crippen LogP contribution in [0.15, 0.2) is 53.3 Å². The Labute approximate surface area is 158 Å². The Hall–Kier alpha value is -3.06. The van der Waals surface area contributed by atoms with Gasteiger partial charge in [0.25, 0.3) is 11.5 Å². The Kier molecular flexibility index (Phi) is 3.75. The molecule has 6 nitrogen and oxygen atoms in total. The van der Waals surface area contributed by atoms with Gasteiger partial charge >= 0.3 is 0 Å². The van der Waals surface area contributed by atoms with E-state index < -0.39 is 0 Å². The Morgan fingerprint density at radius 3 is 2.74 bits per heavy atom. The molecule has 1 amide bonds. The molecule has 4 aromatic rings. The highest BCUT2D eigenvalue weighted by Crippen LogP contribution is 2.37. The van der Waals surface area contributed by atoms with Crippen LogP contribution in [0.5, 0.6) is 0 Å². The number of nitrogens with one attached hydrogen (secondary N) is 1. The van der Waals surface area contributed by atoms with Crippen molar-refractivity contribution in [3.63, 3.8) is 0 Å². The first kappa shape index (κ1) is 16.1. The third-order valence-corrected chi connectivity index (χ3v) is 6.15. The first-order valence-electron chi connectivity index (χ1n) is 8.86. The molecule has 0 radical (unpaired) electrons. The summed E-state index contributed by atoms with van der Waals surface area (Å²) in [6.07, 6.45) is 1.81. The number of carbonyl (C=O) groups is 1. The zero-order valence-corrected chi connectivity index (χ0v) is 15.2. The molecular formula is C20H16N4O2S. The third-order valence-electron chi connectivity index (χ3n) is 5.01. The summed E-state index contributed by atoms with van der Waals surface area (Å²) < 4.78 is 1.12. The van der Waals surface area contributed by atoms with E-state index in [1.807, 2.05) is 29.2 Å². The number of thiazole rings is 1. The van der Waals surface area contributed by atoms with E-state index in [2.05, 4.69) is 16.3 Å². The van der Waals surface area contributed by atoms with Crippen molar-refractivity contribution >= 4 is 38.2 Å². The lowest BCUT2D eigenvalue weighted by molar-refractivity contribution is 0.0730. The number of hydrogen-bond donors (Lipinski definition) is 1. The van der Waals surface area contributed by atoms with Crippen LogP contribution in [0, 0.1) is 0 Å².